The fourth-order valence-electron chi connectivity index (χ4n) is 3.26. The Hall–Kier alpha value is -0.650. The van der Waals surface area contributed by atoms with Crippen molar-refractivity contribution in [1.29, 1.82) is 0 Å². The summed E-state index contributed by atoms with van der Waals surface area (Å²) in [4.78, 5) is 16.7. The maximum Gasteiger partial charge on any atom is 0.221 e. The number of rotatable bonds is 2. The minimum Gasteiger partial charge on any atom is -0.356 e. The van der Waals surface area contributed by atoms with Gasteiger partial charge in [0.1, 0.15) is 0 Å². The third-order valence-electron chi connectivity index (χ3n) is 4.60. The van der Waals surface area contributed by atoms with Crippen LogP contribution in [0.25, 0.3) is 0 Å². The van der Waals surface area contributed by atoms with Crippen LogP contribution in [-0.4, -0.2) is 73.6 Å². The highest BCUT2D eigenvalue weighted by Gasteiger charge is 2.31. The van der Waals surface area contributed by atoms with Crippen LogP contribution >= 0.6 is 0 Å². The fourth-order valence-corrected chi connectivity index (χ4v) is 3.26. The van der Waals surface area contributed by atoms with Crippen LogP contribution < -0.4 is 10.6 Å². The van der Waals surface area contributed by atoms with E-state index in [0.717, 1.165) is 45.2 Å². The van der Waals surface area contributed by atoms with Gasteiger partial charge in [-0.1, -0.05) is 0 Å². The number of amides is 1. The van der Waals surface area contributed by atoms with Crippen LogP contribution in [0.2, 0.25) is 0 Å². The summed E-state index contributed by atoms with van der Waals surface area (Å²) in [6, 6.07) is 1.25. The summed E-state index contributed by atoms with van der Waals surface area (Å²) >= 11 is 0. The van der Waals surface area contributed by atoms with E-state index in [2.05, 4.69) is 20.4 Å². The molecule has 0 saturated carbocycles. The average molecular weight is 252 g/mol. The lowest BCUT2D eigenvalue weighted by molar-refractivity contribution is -0.122. The van der Waals surface area contributed by atoms with Crippen molar-refractivity contribution in [3.8, 4) is 0 Å². The van der Waals surface area contributed by atoms with Crippen molar-refractivity contribution in [3.63, 3.8) is 0 Å². The van der Waals surface area contributed by atoms with Gasteiger partial charge in [-0.3, -0.25) is 14.6 Å². The zero-order valence-electron chi connectivity index (χ0n) is 11.0. The molecular weight excluding hydrogens is 228 g/mol. The van der Waals surface area contributed by atoms with Gasteiger partial charge in [0.05, 0.1) is 0 Å². The van der Waals surface area contributed by atoms with Crippen molar-refractivity contribution < 1.29 is 4.79 Å². The van der Waals surface area contributed by atoms with E-state index >= 15 is 0 Å². The lowest BCUT2D eigenvalue weighted by atomic mass is 10.0. The van der Waals surface area contributed by atoms with Crippen LogP contribution in [0.4, 0.5) is 0 Å². The molecule has 1 atom stereocenters. The van der Waals surface area contributed by atoms with Gasteiger partial charge in [-0.2, -0.15) is 0 Å². The fraction of sp³-hybridized carbons (Fsp3) is 0.923. The molecule has 3 saturated heterocycles. The molecule has 3 heterocycles. The van der Waals surface area contributed by atoms with Gasteiger partial charge < -0.3 is 10.6 Å². The van der Waals surface area contributed by atoms with E-state index in [4.69, 9.17) is 0 Å². The molecule has 2 N–H and O–H groups in total. The zero-order chi connectivity index (χ0) is 12.4. The van der Waals surface area contributed by atoms with Crippen molar-refractivity contribution in [2.45, 2.75) is 31.3 Å². The molecule has 1 unspecified atom stereocenters. The van der Waals surface area contributed by atoms with Crippen molar-refractivity contribution in [1.82, 2.24) is 20.4 Å². The Morgan fingerprint density at radius 1 is 1.00 bits per heavy atom. The first-order chi connectivity index (χ1) is 8.83. The molecule has 3 aliphatic rings. The summed E-state index contributed by atoms with van der Waals surface area (Å²) in [6.45, 7) is 7.79. The monoisotopic (exact) mass is 252 g/mol. The van der Waals surface area contributed by atoms with Crippen LogP contribution in [0.1, 0.15) is 19.3 Å². The van der Waals surface area contributed by atoms with Crippen LogP contribution in [0, 0.1) is 0 Å². The Morgan fingerprint density at radius 2 is 1.67 bits per heavy atom. The predicted molar refractivity (Wildman–Crippen MR) is 70.5 cm³/mol. The zero-order valence-corrected chi connectivity index (χ0v) is 11.0. The molecular formula is C13H24N4O. The van der Waals surface area contributed by atoms with Crippen LogP contribution in [0.15, 0.2) is 0 Å². The number of piperazine rings is 1. The van der Waals surface area contributed by atoms with Crippen molar-refractivity contribution in [2.24, 2.45) is 0 Å². The maximum absolute atomic E-state index is 11.6. The highest BCUT2D eigenvalue weighted by Crippen LogP contribution is 2.17. The van der Waals surface area contributed by atoms with Gasteiger partial charge in [0.2, 0.25) is 5.91 Å². The number of nitrogens with zero attached hydrogens (tertiary/aromatic N) is 2. The Kier molecular flexibility index (Phi) is 3.82. The van der Waals surface area contributed by atoms with Gasteiger partial charge in [-0.15, -0.1) is 0 Å². The first kappa shape index (κ1) is 12.4. The molecule has 5 nitrogen and oxygen atoms in total. The third-order valence-corrected chi connectivity index (χ3v) is 4.60. The molecule has 3 rings (SSSR count). The molecule has 3 aliphatic heterocycles. The van der Waals surface area contributed by atoms with E-state index in [1.165, 1.54) is 19.5 Å². The van der Waals surface area contributed by atoms with E-state index in [0.29, 0.717) is 12.5 Å². The van der Waals surface area contributed by atoms with Crippen molar-refractivity contribution in [3.05, 3.63) is 0 Å². The molecule has 0 radical (unpaired) electrons. The minimum absolute atomic E-state index is 0.239. The first-order valence-corrected chi connectivity index (χ1v) is 7.28. The molecule has 102 valence electrons. The summed E-state index contributed by atoms with van der Waals surface area (Å²) in [5, 5.41) is 6.31. The van der Waals surface area contributed by atoms with Crippen LogP contribution in [0.3, 0.4) is 0 Å². The molecule has 0 spiro atoms. The normalized spacial score (nSPS) is 32.7. The van der Waals surface area contributed by atoms with Crippen molar-refractivity contribution in [2.75, 3.05) is 45.8 Å². The molecule has 1 amide bonds. The summed E-state index contributed by atoms with van der Waals surface area (Å²) < 4.78 is 0. The molecule has 0 aliphatic carbocycles. The van der Waals surface area contributed by atoms with E-state index in [1.54, 1.807) is 0 Å². The number of nitrogens with one attached hydrogen (secondary N) is 2. The van der Waals surface area contributed by atoms with Gasteiger partial charge in [-0.25, -0.2) is 0 Å². The van der Waals surface area contributed by atoms with E-state index in [9.17, 15) is 4.79 Å². The lowest BCUT2D eigenvalue weighted by Crippen LogP contribution is -2.62. The summed E-state index contributed by atoms with van der Waals surface area (Å²) in [7, 11) is 0. The molecule has 0 bridgehead atoms. The van der Waals surface area contributed by atoms with Gasteiger partial charge in [0, 0.05) is 64.3 Å². The molecule has 0 aromatic heterocycles. The summed E-state index contributed by atoms with van der Waals surface area (Å²) in [6.07, 6.45) is 3.00. The van der Waals surface area contributed by atoms with E-state index < -0.39 is 0 Å². The second kappa shape index (κ2) is 5.55. The second-order valence-electron chi connectivity index (χ2n) is 5.73. The highest BCUT2D eigenvalue weighted by atomic mass is 16.1. The Labute approximate surface area is 109 Å². The SMILES string of the molecule is O=C1CC(N2CCN(C3CNC3)CC2)CCCN1. The maximum atomic E-state index is 11.6. The minimum atomic E-state index is 0.239. The Morgan fingerprint density at radius 3 is 2.28 bits per heavy atom. The lowest BCUT2D eigenvalue weighted by Gasteiger charge is -2.45. The number of hydrogen-bond acceptors (Lipinski definition) is 4. The van der Waals surface area contributed by atoms with Gasteiger partial charge in [0.15, 0.2) is 0 Å². The molecule has 5 heteroatoms. The topological polar surface area (TPSA) is 47.6 Å². The molecule has 0 aromatic carbocycles. The third kappa shape index (κ3) is 2.68. The number of carbonyl (C=O) groups is 1. The Balaban J connectivity index is 1.50. The quantitative estimate of drug-likeness (QED) is 0.678. The first-order valence-electron chi connectivity index (χ1n) is 7.28. The standard InChI is InChI=1S/C13H24N4O/c18-13-8-11(2-1-3-15-13)16-4-6-17(7-5-16)12-9-14-10-12/h11-12,14H,1-10H2,(H,15,18). The summed E-state index contributed by atoms with van der Waals surface area (Å²) in [5.74, 6) is 0.239. The molecule has 3 fully saturated rings. The average Bonchev–Trinajstić information content (AvgIpc) is 2.53. The summed E-state index contributed by atoms with van der Waals surface area (Å²) in [5.41, 5.74) is 0. The van der Waals surface area contributed by atoms with Gasteiger partial charge >= 0.3 is 0 Å². The van der Waals surface area contributed by atoms with Crippen LogP contribution in [-0.2, 0) is 4.79 Å². The van der Waals surface area contributed by atoms with Gasteiger partial charge in [0.25, 0.3) is 0 Å². The van der Waals surface area contributed by atoms with Crippen molar-refractivity contribution >= 4 is 5.91 Å². The van der Waals surface area contributed by atoms with Crippen LogP contribution in [0.5, 0.6) is 0 Å². The Bertz CT molecular complexity index is 297. The van der Waals surface area contributed by atoms with Gasteiger partial charge in [-0.05, 0) is 12.8 Å². The largest absolute Gasteiger partial charge is 0.356 e. The van der Waals surface area contributed by atoms with E-state index in [-0.39, 0.29) is 5.91 Å². The molecule has 18 heavy (non-hydrogen) atoms. The smallest absolute Gasteiger partial charge is 0.221 e. The predicted octanol–water partition coefficient (Wildman–Crippen LogP) is -0.755. The number of hydrogen-bond donors (Lipinski definition) is 2. The van der Waals surface area contributed by atoms with E-state index in [1.807, 2.05) is 0 Å². The second-order valence-corrected chi connectivity index (χ2v) is 5.73. The molecule has 0 aromatic rings. The highest BCUT2D eigenvalue weighted by molar-refractivity contribution is 5.76. The number of carbonyl (C=O) groups excluding carboxylic acids is 1.